The number of ketones is 1. The summed E-state index contributed by atoms with van der Waals surface area (Å²) in [6.07, 6.45) is 5.00. The van der Waals surface area contributed by atoms with Crippen molar-refractivity contribution >= 4 is 28.4 Å². The average Bonchev–Trinajstić information content (AvgIpc) is 2.89. The van der Waals surface area contributed by atoms with Crippen LogP contribution in [0.1, 0.15) is 15.9 Å². The molecule has 3 aromatic rings. The standard InChI is InChI=1S/C18H14N2O3/c1-19-12-13(14-6-2-4-8-16(14)19)10-11-18(21)15-7-3-5-9-17(15)20(22)23/h2-12H,1H3. The van der Waals surface area contributed by atoms with Gasteiger partial charge in [0, 0.05) is 35.8 Å². The number of hydrogen-bond acceptors (Lipinski definition) is 3. The topological polar surface area (TPSA) is 65.1 Å². The molecule has 2 aromatic carbocycles. The van der Waals surface area contributed by atoms with Crippen molar-refractivity contribution in [2.24, 2.45) is 7.05 Å². The van der Waals surface area contributed by atoms with Crippen LogP contribution < -0.4 is 0 Å². The number of nitro groups is 1. The second kappa shape index (κ2) is 5.88. The second-order valence-corrected chi connectivity index (χ2v) is 5.18. The van der Waals surface area contributed by atoms with Gasteiger partial charge in [0.05, 0.1) is 10.5 Å². The number of benzene rings is 2. The second-order valence-electron chi connectivity index (χ2n) is 5.18. The van der Waals surface area contributed by atoms with Gasteiger partial charge in [-0.15, -0.1) is 0 Å². The zero-order chi connectivity index (χ0) is 16.4. The number of carbonyl (C=O) groups is 1. The first-order valence-electron chi connectivity index (χ1n) is 7.08. The zero-order valence-electron chi connectivity index (χ0n) is 12.5. The summed E-state index contributed by atoms with van der Waals surface area (Å²) in [6, 6.07) is 13.8. The van der Waals surface area contributed by atoms with Crippen molar-refractivity contribution < 1.29 is 9.72 Å². The van der Waals surface area contributed by atoms with Gasteiger partial charge in [0.25, 0.3) is 5.69 Å². The first-order valence-corrected chi connectivity index (χ1v) is 7.08. The summed E-state index contributed by atoms with van der Waals surface area (Å²) in [5.41, 5.74) is 1.87. The van der Waals surface area contributed by atoms with E-state index in [2.05, 4.69) is 0 Å². The highest BCUT2D eigenvalue weighted by Gasteiger charge is 2.17. The molecule has 114 valence electrons. The number of hydrogen-bond donors (Lipinski definition) is 0. The molecule has 1 heterocycles. The summed E-state index contributed by atoms with van der Waals surface area (Å²) in [5, 5.41) is 12.0. The maximum Gasteiger partial charge on any atom is 0.280 e. The van der Waals surface area contributed by atoms with Gasteiger partial charge < -0.3 is 4.57 Å². The third kappa shape index (κ3) is 2.76. The Balaban J connectivity index is 1.97. The minimum Gasteiger partial charge on any atom is -0.350 e. The van der Waals surface area contributed by atoms with Crippen LogP contribution in [0.25, 0.3) is 17.0 Å². The smallest absolute Gasteiger partial charge is 0.280 e. The third-order valence-electron chi connectivity index (χ3n) is 3.71. The number of aryl methyl sites for hydroxylation is 1. The quantitative estimate of drug-likeness (QED) is 0.317. The molecule has 0 spiro atoms. The monoisotopic (exact) mass is 306 g/mol. The molecule has 0 aliphatic heterocycles. The SMILES string of the molecule is Cn1cc(C=CC(=O)c2ccccc2[N+](=O)[O-])c2ccccc21. The molecular formula is C18H14N2O3. The van der Waals surface area contributed by atoms with Gasteiger partial charge >= 0.3 is 0 Å². The summed E-state index contributed by atoms with van der Waals surface area (Å²) in [7, 11) is 1.93. The van der Waals surface area contributed by atoms with Crippen LogP contribution in [0.15, 0.2) is 60.8 Å². The van der Waals surface area contributed by atoms with Crippen LogP contribution in [0.2, 0.25) is 0 Å². The van der Waals surface area contributed by atoms with E-state index in [1.165, 1.54) is 18.2 Å². The lowest BCUT2D eigenvalue weighted by atomic mass is 10.1. The summed E-state index contributed by atoms with van der Waals surface area (Å²) < 4.78 is 1.98. The molecule has 5 heteroatoms. The van der Waals surface area contributed by atoms with Crippen molar-refractivity contribution in [3.8, 4) is 0 Å². The Labute approximate surface area is 132 Å². The van der Waals surface area contributed by atoms with Crippen LogP contribution in [0.3, 0.4) is 0 Å². The van der Waals surface area contributed by atoms with Gasteiger partial charge in [-0.2, -0.15) is 0 Å². The highest BCUT2D eigenvalue weighted by molar-refractivity contribution is 6.10. The van der Waals surface area contributed by atoms with Gasteiger partial charge in [0.15, 0.2) is 5.78 Å². The molecule has 0 saturated carbocycles. The van der Waals surface area contributed by atoms with Crippen molar-refractivity contribution in [2.75, 3.05) is 0 Å². The van der Waals surface area contributed by atoms with E-state index in [1.54, 1.807) is 18.2 Å². The molecule has 0 bridgehead atoms. The molecule has 0 N–H and O–H groups in total. The largest absolute Gasteiger partial charge is 0.350 e. The minimum absolute atomic E-state index is 0.0917. The Morgan fingerprint density at radius 2 is 1.83 bits per heavy atom. The molecule has 0 radical (unpaired) electrons. The van der Waals surface area contributed by atoms with Gasteiger partial charge in [-0.3, -0.25) is 14.9 Å². The van der Waals surface area contributed by atoms with Crippen molar-refractivity contribution in [1.82, 2.24) is 4.57 Å². The molecule has 0 saturated heterocycles. The predicted octanol–water partition coefficient (Wildman–Crippen LogP) is 3.98. The minimum atomic E-state index is -0.543. The lowest BCUT2D eigenvalue weighted by molar-refractivity contribution is -0.385. The molecule has 0 fully saturated rings. The van der Waals surface area contributed by atoms with E-state index >= 15 is 0 Å². The Morgan fingerprint density at radius 1 is 1.13 bits per heavy atom. The van der Waals surface area contributed by atoms with Crippen LogP contribution in [-0.2, 0) is 7.05 Å². The number of fused-ring (bicyclic) bond motifs is 1. The van der Waals surface area contributed by atoms with Crippen molar-refractivity contribution in [1.29, 1.82) is 0 Å². The fourth-order valence-electron chi connectivity index (χ4n) is 2.60. The number of para-hydroxylation sites is 2. The van der Waals surface area contributed by atoms with Crippen LogP contribution in [0, 0.1) is 10.1 Å². The Hall–Kier alpha value is -3.21. The highest BCUT2D eigenvalue weighted by Crippen LogP contribution is 2.23. The summed E-state index contributed by atoms with van der Waals surface area (Å²) in [5.74, 6) is -0.384. The lowest BCUT2D eigenvalue weighted by Gasteiger charge is -1.98. The van der Waals surface area contributed by atoms with E-state index < -0.39 is 4.92 Å². The van der Waals surface area contributed by atoms with Crippen molar-refractivity contribution in [3.63, 3.8) is 0 Å². The van der Waals surface area contributed by atoms with Gasteiger partial charge in [-0.05, 0) is 24.3 Å². The molecule has 0 aliphatic carbocycles. The fourth-order valence-corrected chi connectivity index (χ4v) is 2.60. The van der Waals surface area contributed by atoms with Crippen LogP contribution in [0.4, 0.5) is 5.69 Å². The molecule has 23 heavy (non-hydrogen) atoms. The number of rotatable bonds is 4. The fraction of sp³-hybridized carbons (Fsp3) is 0.0556. The van der Waals surface area contributed by atoms with E-state index in [0.717, 1.165) is 16.5 Å². The molecule has 0 unspecified atom stereocenters. The molecule has 0 aliphatic rings. The first kappa shape index (κ1) is 14.7. The molecule has 5 nitrogen and oxygen atoms in total. The first-order chi connectivity index (χ1) is 11.1. The van der Waals surface area contributed by atoms with Crippen LogP contribution in [0.5, 0.6) is 0 Å². The maximum atomic E-state index is 12.3. The van der Waals surface area contributed by atoms with E-state index in [0.29, 0.717) is 0 Å². The van der Waals surface area contributed by atoms with Gasteiger partial charge in [-0.25, -0.2) is 0 Å². The predicted molar refractivity (Wildman–Crippen MR) is 89.4 cm³/mol. The van der Waals surface area contributed by atoms with E-state index in [9.17, 15) is 14.9 Å². The summed E-state index contributed by atoms with van der Waals surface area (Å²) in [6.45, 7) is 0. The van der Waals surface area contributed by atoms with Crippen LogP contribution in [-0.4, -0.2) is 15.3 Å². The zero-order valence-corrected chi connectivity index (χ0v) is 12.5. The normalized spacial score (nSPS) is 11.2. The molecule has 0 atom stereocenters. The van der Waals surface area contributed by atoms with Gasteiger partial charge in [0.2, 0.25) is 0 Å². The lowest BCUT2D eigenvalue weighted by Crippen LogP contribution is -2.00. The number of aromatic nitrogens is 1. The number of allylic oxidation sites excluding steroid dienone is 1. The van der Waals surface area contributed by atoms with E-state index in [4.69, 9.17) is 0 Å². The van der Waals surface area contributed by atoms with Crippen LogP contribution >= 0.6 is 0 Å². The maximum absolute atomic E-state index is 12.3. The average molecular weight is 306 g/mol. The van der Waals surface area contributed by atoms with E-state index in [1.807, 2.05) is 42.1 Å². The van der Waals surface area contributed by atoms with Crippen molar-refractivity contribution in [2.45, 2.75) is 0 Å². The Kier molecular flexibility index (Phi) is 3.76. The Bertz CT molecular complexity index is 938. The molecular weight excluding hydrogens is 292 g/mol. The number of nitrogens with zero attached hydrogens (tertiary/aromatic N) is 2. The molecule has 1 aromatic heterocycles. The van der Waals surface area contributed by atoms with Gasteiger partial charge in [0.1, 0.15) is 0 Å². The highest BCUT2D eigenvalue weighted by atomic mass is 16.6. The van der Waals surface area contributed by atoms with Gasteiger partial charge in [-0.1, -0.05) is 30.3 Å². The Morgan fingerprint density at radius 3 is 2.61 bits per heavy atom. The third-order valence-corrected chi connectivity index (χ3v) is 3.71. The molecule has 3 rings (SSSR count). The van der Waals surface area contributed by atoms with E-state index in [-0.39, 0.29) is 17.0 Å². The summed E-state index contributed by atoms with van der Waals surface area (Å²) in [4.78, 5) is 22.7. The molecule has 0 amide bonds. The number of carbonyl (C=O) groups excluding carboxylic acids is 1. The number of nitro benzene ring substituents is 1. The summed E-state index contributed by atoms with van der Waals surface area (Å²) >= 11 is 0. The van der Waals surface area contributed by atoms with Crippen molar-refractivity contribution in [3.05, 3.63) is 82.0 Å².